The van der Waals surface area contributed by atoms with E-state index in [1.807, 2.05) is 6.92 Å². The molecule has 1 aromatic carbocycles. The first-order chi connectivity index (χ1) is 11.5. The minimum atomic E-state index is -0.319. The maximum absolute atomic E-state index is 13.5. The van der Waals surface area contributed by atoms with Crippen molar-refractivity contribution in [1.82, 2.24) is 10.2 Å². The minimum Gasteiger partial charge on any atom is -0.356 e. The van der Waals surface area contributed by atoms with Gasteiger partial charge in [-0.2, -0.15) is 0 Å². The van der Waals surface area contributed by atoms with Crippen LogP contribution in [-0.2, 0) is 4.79 Å². The number of benzene rings is 1. The fraction of sp³-hybridized carbons (Fsp3) is 0.556. The van der Waals surface area contributed by atoms with E-state index in [1.54, 1.807) is 24.0 Å². The summed E-state index contributed by atoms with van der Waals surface area (Å²) in [6.45, 7) is 5.60. The van der Waals surface area contributed by atoms with Gasteiger partial charge in [0, 0.05) is 31.7 Å². The van der Waals surface area contributed by atoms with Crippen molar-refractivity contribution in [1.29, 1.82) is 0 Å². The molecule has 24 heavy (non-hydrogen) atoms. The second-order valence-electron chi connectivity index (χ2n) is 6.32. The van der Waals surface area contributed by atoms with E-state index < -0.39 is 0 Å². The zero-order valence-corrected chi connectivity index (χ0v) is 14.4. The number of rotatable bonds is 5. The van der Waals surface area contributed by atoms with Gasteiger partial charge in [-0.3, -0.25) is 4.79 Å². The molecule has 1 aromatic rings. The number of likely N-dealkylation sites (tertiary alicyclic amines) is 1. The van der Waals surface area contributed by atoms with Gasteiger partial charge in [0.1, 0.15) is 5.82 Å². The Balaban J connectivity index is 1.74. The Bertz CT molecular complexity index is 584. The molecule has 2 rings (SSSR count). The van der Waals surface area contributed by atoms with Gasteiger partial charge in [0.15, 0.2) is 0 Å². The number of nitrogens with zero attached hydrogens (tertiary/aromatic N) is 1. The summed E-state index contributed by atoms with van der Waals surface area (Å²) in [6, 6.07) is 4.52. The van der Waals surface area contributed by atoms with Gasteiger partial charge in [0.2, 0.25) is 5.91 Å². The molecule has 3 amide bonds. The predicted molar refractivity (Wildman–Crippen MR) is 92.4 cm³/mol. The molecule has 1 heterocycles. The number of halogens is 1. The number of carbonyl (C=O) groups is 2. The Morgan fingerprint density at radius 3 is 2.62 bits per heavy atom. The quantitative estimate of drug-likeness (QED) is 0.867. The molecule has 6 heteroatoms. The second kappa shape index (κ2) is 8.66. The van der Waals surface area contributed by atoms with Gasteiger partial charge < -0.3 is 15.5 Å². The van der Waals surface area contributed by atoms with Crippen LogP contribution in [0.5, 0.6) is 0 Å². The van der Waals surface area contributed by atoms with Gasteiger partial charge >= 0.3 is 6.03 Å². The van der Waals surface area contributed by atoms with Crippen LogP contribution >= 0.6 is 0 Å². The topological polar surface area (TPSA) is 61.4 Å². The fourth-order valence-electron chi connectivity index (χ4n) is 2.84. The van der Waals surface area contributed by atoms with E-state index in [0.29, 0.717) is 43.2 Å². The molecule has 1 saturated heterocycles. The van der Waals surface area contributed by atoms with Crippen molar-refractivity contribution in [2.45, 2.75) is 39.5 Å². The summed E-state index contributed by atoms with van der Waals surface area (Å²) in [4.78, 5) is 25.2. The van der Waals surface area contributed by atoms with Crippen molar-refractivity contribution in [3.63, 3.8) is 0 Å². The van der Waals surface area contributed by atoms with Crippen molar-refractivity contribution in [2.24, 2.45) is 5.92 Å². The summed E-state index contributed by atoms with van der Waals surface area (Å²) in [7, 11) is 0. The van der Waals surface area contributed by atoms with Crippen LogP contribution in [0.25, 0.3) is 0 Å². The first kappa shape index (κ1) is 18.2. The number of aryl methyl sites for hydroxylation is 1. The lowest BCUT2D eigenvalue weighted by Gasteiger charge is -2.32. The van der Waals surface area contributed by atoms with E-state index in [2.05, 4.69) is 10.6 Å². The van der Waals surface area contributed by atoms with Crippen LogP contribution in [0.2, 0.25) is 0 Å². The summed E-state index contributed by atoms with van der Waals surface area (Å²) in [5, 5.41) is 5.64. The van der Waals surface area contributed by atoms with Gasteiger partial charge in [0.05, 0.1) is 0 Å². The smallest absolute Gasteiger partial charge is 0.321 e. The highest BCUT2D eigenvalue weighted by atomic mass is 19.1. The van der Waals surface area contributed by atoms with Crippen LogP contribution < -0.4 is 10.6 Å². The third-order valence-corrected chi connectivity index (χ3v) is 4.52. The molecule has 2 N–H and O–H groups in total. The molecule has 5 nitrogen and oxygen atoms in total. The molecule has 0 saturated carbocycles. The molecule has 0 radical (unpaired) electrons. The molecule has 1 aliphatic heterocycles. The number of carbonyl (C=O) groups excluding carboxylic acids is 2. The van der Waals surface area contributed by atoms with Crippen LogP contribution in [0.1, 0.15) is 38.2 Å². The summed E-state index contributed by atoms with van der Waals surface area (Å²) in [5.74, 6) is 0.292. The first-order valence-corrected chi connectivity index (χ1v) is 8.58. The van der Waals surface area contributed by atoms with Crippen LogP contribution in [0.4, 0.5) is 14.9 Å². The Labute approximate surface area is 142 Å². The van der Waals surface area contributed by atoms with Gasteiger partial charge in [-0.15, -0.1) is 0 Å². The Kier molecular flexibility index (Phi) is 6.58. The van der Waals surface area contributed by atoms with Gasteiger partial charge in [-0.1, -0.05) is 13.0 Å². The number of hydrogen-bond acceptors (Lipinski definition) is 2. The number of piperidine rings is 1. The van der Waals surface area contributed by atoms with E-state index in [4.69, 9.17) is 0 Å². The number of hydrogen-bond donors (Lipinski definition) is 2. The van der Waals surface area contributed by atoms with Crippen LogP contribution in [0.15, 0.2) is 18.2 Å². The lowest BCUT2D eigenvalue weighted by molar-refractivity contribution is -0.120. The van der Waals surface area contributed by atoms with Crippen molar-refractivity contribution in [3.8, 4) is 0 Å². The number of nitrogens with one attached hydrogen (secondary N) is 2. The zero-order chi connectivity index (χ0) is 17.5. The molecule has 0 aliphatic carbocycles. The van der Waals surface area contributed by atoms with E-state index in [-0.39, 0.29) is 17.8 Å². The molecule has 1 fully saturated rings. The van der Waals surface area contributed by atoms with Crippen LogP contribution in [0.3, 0.4) is 0 Å². The normalized spacial score (nSPS) is 15.2. The zero-order valence-electron chi connectivity index (χ0n) is 14.4. The highest BCUT2D eigenvalue weighted by molar-refractivity contribution is 5.89. The third kappa shape index (κ3) is 5.22. The SMILES string of the molecule is CCC(=O)NCCC1CCN(C(=O)Nc2ccc(C)c(F)c2)CC1. The molecular formula is C18H26FN3O2. The molecule has 0 atom stereocenters. The molecule has 0 aromatic heterocycles. The highest BCUT2D eigenvalue weighted by Crippen LogP contribution is 2.21. The standard InChI is InChI=1S/C18H26FN3O2/c1-3-17(23)20-9-6-14-7-10-22(11-8-14)18(24)21-15-5-4-13(2)16(19)12-15/h4-5,12,14H,3,6-11H2,1-2H3,(H,20,23)(H,21,24). The molecule has 1 aliphatic rings. The Morgan fingerprint density at radius 1 is 1.29 bits per heavy atom. The van der Waals surface area contributed by atoms with E-state index in [9.17, 15) is 14.0 Å². The largest absolute Gasteiger partial charge is 0.356 e. The van der Waals surface area contributed by atoms with Gasteiger partial charge in [-0.05, 0) is 49.8 Å². The molecule has 0 bridgehead atoms. The molecule has 0 unspecified atom stereocenters. The number of amides is 3. The number of anilines is 1. The summed E-state index contributed by atoms with van der Waals surface area (Å²) < 4.78 is 13.5. The van der Waals surface area contributed by atoms with Crippen molar-refractivity contribution >= 4 is 17.6 Å². The Morgan fingerprint density at radius 2 is 2.00 bits per heavy atom. The van der Waals surface area contributed by atoms with Crippen LogP contribution in [-0.4, -0.2) is 36.5 Å². The lowest BCUT2D eigenvalue weighted by atomic mass is 9.94. The second-order valence-corrected chi connectivity index (χ2v) is 6.32. The number of urea groups is 1. The van der Waals surface area contributed by atoms with Crippen molar-refractivity contribution < 1.29 is 14.0 Å². The highest BCUT2D eigenvalue weighted by Gasteiger charge is 2.22. The monoisotopic (exact) mass is 335 g/mol. The molecule has 0 spiro atoms. The lowest BCUT2D eigenvalue weighted by Crippen LogP contribution is -2.41. The molecular weight excluding hydrogens is 309 g/mol. The maximum atomic E-state index is 13.5. The Hall–Kier alpha value is -2.11. The third-order valence-electron chi connectivity index (χ3n) is 4.52. The van der Waals surface area contributed by atoms with E-state index in [0.717, 1.165) is 19.3 Å². The average molecular weight is 335 g/mol. The van der Waals surface area contributed by atoms with Crippen molar-refractivity contribution in [3.05, 3.63) is 29.6 Å². The first-order valence-electron chi connectivity index (χ1n) is 8.58. The van der Waals surface area contributed by atoms with E-state index >= 15 is 0 Å². The molecule has 132 valence electrons. The van der Waals surface area contributed by atoms with E-state index in [1.165, 1.54) is 6.07 Å². The average Bonchev–Trinajstić information content (AvgIpc) is 2.58. The minimum absolute atomic E-state index is 0.0807. The summed E-state index contributed by atoms with van der Waals surface area (Å²) in [6.07, 6.45) is 3.32. The maximum Gasteiger partial charge on any atom is 0.321 e. The summed E-state index contributed by atoms with van der Waals surface area (Å²) in [5.41, 5.74) is 1.04. The summed E-state index contributed by atoms with van der Waals surface area (Å²) >= 11 is 0. The predicted octanol–water partition coefficient (Wildman–Crippen LogP) is 3.29. The van der Waals surface area contributed by atoms with Gasteiger partial charge in [0.25, 0.3) is 0 Å². The van der Waals surface area contributed by atoms with Crippen LogP contribution in [0, 0.1) is 18.7 Å². The fourth-order valence-corrected chi connectivity index (χ4v) is 2.84. The van der Waals surface area contributed by atoms with Gasteiger partial charge in [-0.25, -0.2) is 9.18 Å². The van der Waals surface area contributed by atoms with Crippen molar-refractivity contribution in [2.75, 3.05) is 25.0 Å².